The lowest BCUT2D eigenvalue weighted by Crippen LogP contribution is -2.16. The molecular formula is C14H17N3O. The van der Waals surface area contributed by atoms with Crippen molar-refractivity contribution in [1.82, 2.24) is 10.3 Å². The Bertz CT molecular complexity index is 487. The fourth-order valence-corrected chi connectivity index (χ4v) is 2.70. The fraction of sp³-hybridized carbons (Fsp3) is 0.571. The molecule has 18 heavy (non-hydrogen) atoms. The Morgan fingerprint density at radius 1 is 1.50 bits per heavy atom. The van der Waals surface area contributed by atoms with E-state index < -0.39 is 0 Å². The lowest BCUT2D eigenvalue weighted by atomic mass is 10.1. The Labute approximate surface area is 107 Å². The van der Waals surface area contributed by atoms with Gasteiger partial charge in [0.05, 0.1) is 6.61 Å². The zero-order valence-electron chi connectivity index (χ0n) is 10.4. The number of aromatic nitrogens is 1. The molecule has 2 heterocycles. The Kier molecular flexibility index (Phi) is 3.16. The number of nitrogens with one attached hydrogen (secondary N) is 1. The number of rotatable bonds is 3. The van der Waals surface area contributed by atoms with E-state index in [1.165, 1.54) is 5.56 Å². The van der Waals surface area contributed by atoms with E-state index >= 15 is 0 Å². The minimum absolute atomic E-state index is 0.532. The maximum Gasteiger partial charge on any atom is 0.231 e. The largest absolute Gasteiger partial charge is 0.476 e. The van der Waals surface area contributed by atoms with Gasteiger partial charge < -0.3 is 10.1 Å². The summed E-state index contributed by atoms with van der Waals surface area (Å²) in [6.45, 7) is 2.73. The van der Waals surface area contributed by atoms with Gasteiger partial charge in [0, 0.05) is 18.2 Å². The number of ether oxygens (including phenoxy) is 1. The highest BCUT2D eigenvalue weighted by Crippen LogP contribution is 2.26. The SMILES string of the molecule is N#Cc1cc2c(nc1OCC1CCNC1)CCC2. The standard InChI is InChI=1S/C14H17N3O/c15-7-12-6-11-2-1-3-13(11)17-14(12)18-9-10-4-5-16-8-10/h6,10,16H,1-5,8-9H2. The molecule has 1 saturated heterocycles. The molecule has 1 atom stereocenters. The molecule has 1 N–H and O–H groups in total. The van der Waals surface area contributed by atoms with Crippen LogP contribution in [0.3, 0.4) is 0 Å². The molecule has 3 rings (SSSR count). The molecule has 1 aliphatic carbocycles. The van der Waals surface area contributed by atoms with Gasteiger partial charge in [0.25, 0.3) is 0 Å². The first-order valence-corrected chi connectivity index (χ1v) is 6.63. The highest BCUT2D eigenvalue weighted by molar-refractivity contribution is 5.44. The average molecular weight is 243 g/mol. The zero-order chi connectivity index (χ0) is 12.4. The number of aryl methyl sites for hydroxylation is 2. The number of nitriles is 1. The summed E-state index contributed by atoms with van der Waals surface area (Å²) in [6.07, 6.45) is 4.35. The molecular weight excluding hydrogens is 226 g/mol. The lowest BCUT2D eigenvalue weighted by Gasteiger charge is -2.12. The third-order valence-corrected chi connectivity index (χ3v) is 3.75. The van der Waals surface area contributed by atoms with Crippen LogP contribution in [0.25, 0.3) is 0 Å². The van der Waals surface area contributed by atoms with E-state index in [1.54, 1.807) is 0 Å². The molecule has 1 aromatic rings. The van der Waals surface area contributed by atoms with Crippen LogP contribution in [0.2, 0.25) is 0 Å². The number of hydrogen-bond donors (Lipinski definition) is 1. The molecule has 0 spiro atoms. The van der Waals surface area contributed by atoms with E-state index in [0.29, 0.717) is 24.0 Å². The van der Waals surface area contributed by atoms with Crippen LogP contribution in [0, 0.1) is 17.2 Å². The summed E-state index contributed by atoms with van der Waals surface area (Å²) in [4.78, 5) is 4.52. The van der Waals surface area contributed by atoms with E-state index in [-0.39, 0.29) is 0 Å². The highest BCUT2D eigenvalue weighted by atomic mass is 16.5. The van der Waals surface area contributed by atoms with Crippen molar-refractivity contribution in [3.05, 3.63) is 22.9 Å². The second-order valence-electron chi connectivity index (χ2n) is 5.08. The van der Waals surface area contributed by atoms with Crippen molar-refractivity contribution in [3.63, 3.8) is 0 Å². The van der Waals surface area contributed by atoms with Crippen LogP contribution in [-0.4, -0.2) is 24.7 Å². The van der Waals surface area contributed by atoms with E-state index in [2.05, 4.69) is 16.4 Å². The van der Waals surface area contributed by atoms with Gasteiger partial charge in [-0.15, -0.1) is 0 Å². The summed E-state index contributed by atoms with van der Waals surface area (Å²) < 4.78 is 5.76. The first kappa shape index (κ1) is 11.5. The molecule has 0 saturated carbocycles. The topological polar surface area (TPSA) is 57.9 Å². The summed E-state index contributed by atoms with van der Waals surface area (Å²) in [6, 6.07) is 4.15. The van der Waals surface area contributed by atoms with Crippen LogP contribution in [0.5, 0.6) is 5.88 Å². The second-order valence-corrected chi connectivity index (χ2v) is 5.08. The van der Waals surface area contributed by atoms with Gasteiger partial charge in [0.15, 0.2) is 0 Å². The molecule has 1 unspecified atom stereocenters. The third kappa shape index (κ3) is 2.19. The first-order chi connectivity index (χ1) is 8.86. The summed E-state index contributed by atoms with van der Waals surface area (Å²) >= 11 is 0. The maximum atomic E-state index is 9.16. The number of fused-ring (bicyclic) bond motifs is 1. The molecule has 0 amide bonds. The molecule has 1 aromatic heterocycles. The van der Waals surface area contributed by atoms with Gasteiger partial charge in [-0.3, -0.25) is 0 Å². The Morgan fingerprint density at radius 2 is 2.44 bits per heavy atom. The molecule has 94 valence electrons. The molecule has 4 heteroatoms. The van der Waals surface area contributed by atoms with Crippen LogP contribution < -0.4 is 10.1 Å². The maximum absolute atomic E-state index is 9.16. The summed E-state index contributed by atoms with van der Waals surface area (Å²) in [5, 5.41) is 12.5. The number of hydrogen-bond acceptors (Lipinski definition) is 4. The van der Waals surface area contributed by atoms with Gasteiger partial charge in [0.1, 0.15) is 11.6 Å². The summed E-state index contributed by atoms with van der Waals surface area (Å²) in [5.41, 5.74) is 2.93. The zero-order valence-corrected chi connectivity index (χ0v) is 10.4. The normalized spacial score (nSPS) is 21.6. The van der Waals surface area contributed by atoms with Gasteiger partial charge in [-0.1, -0.05) is 0 Å². The fourth-order valence-electron chi connectivity index (χ4n) is 2.70. The quantitative estimate of drug-likeness (QED) is 0.872. The minimum atomic E-state index is 0.532. The van der Waals surface area contributed by atoms with Crippen LogP contribution in [-0.2, 0) is 12.8 Å². The van der Waals surface area contributed by atoms with E-state index in [1.807, 2.05) is 6.07 Å². The Hall–Kier alpha value is -1.60. The molecule has 1 aliphatic heterocycles. The lowest BCUT2D eigenvalue weighted by molar-refractivity contribution is 0.250. The van der Waals surface area contributed by atoms with Crippen LogP contribution >= 0.6 is 0 Å². The van der Waals surface area contributed by atoms with E-state index in [0.717, 1.165) is 44.5 Å². The average Bonchev–Trinajstić information content (AvgIpc) is 3.05. The third-order valence-electron chi connectivity index (χ3n) is 3.75. The van der Waals surface area contributed by atoms with Crippen LogP contribution in [0.1, 0.15) is 29.7 Å². The number of nitrogens with zero attached hydrogens (tertiary/aromatic N) is 2. The summed E-state index contributed by atoms with van der Waals surface area (Å²) in [5.74, 6) is 1.08. The first-order valence-electron chi connectivity index (χ1n) is 6.63. The van der Waals surface area contributed by atoms with Crippen molar-refractivity contribution >= 4 is 0 Å². The van der Waals surface area contributed by atoms with E-state index in [9.17, 15) is 0 Å². The monoisotopic (exact) mass is 243 g/mol. The van der Waals surface area contributed by atoms with Gasteiger partial charge in [-0.2, -0.15) is 5.26 Å². The summed E-state index contributed by atoms with van der Waals surface area (Å²) in [7, 11) is 0. The van der Waals surface area contributed by atoms with Crippen molar-refractivity contribution in [2.45, 2.75) is 25.7 Å². The van der Waals surface area contributed by atoms with Crippen molar-refractivity contribution in [2.24, 2.45) is 5.92 Å². The van der Waals surface area contributed by atoms with Crippen molar-refractivity contribution in [2.75, 3.05) is 19.7 Å². The second kappa shape index (κ2) is 4.95. The van der Waals surface area contributed by atoms with E-state index in [4.69, 9.17) is 10.00 Å². The van der Waals surface area contributed by atoms with Gasteiger partial charge >= 0.3 is 0 Å². The molecule has 4 nitrogen and oxygen atoms in total. The highest BCUT2D eigenvalue weighted by Gasteiger charge is 2.19. The molecule has 1 fully saturated rings. The van der Waals surface area contributed by atoms with Crippen LogP contribution in [0.4, 0.5) is 0 Å². The Morgan fingerprint density at radius 3 is 3.22 bits per heavy atom. The van der Waals surface area contributed by atoms with Gasteiger partial charge in [-0.25, -0.2) is 4.98 Å². The molecule has 0 bridgehead atoms. The predicted molar refractivity (Wildman–Crippen MR) is 67.4 cm³/mol. The minimum Gasteiger partial charge on any atom is -0.476 e. The smallest absolute Gasteiger partial charge is 0.231 e. The molecule has 2 aliphatic rings. The Balaban J connectivity index is 1.76. The molecule has 0 radical (unpaired) electrons. The van der Waals surface area contributed by atoms with Crippen molar-refractivity contribution in [3.8, 4) is 11.9 Å². The van der Waals surface area contributed by atoms with Crippen LogP contribution in [0.15, 0.2) is 6.07 Å². The number of pyridine rings is 1. The van der Waals surface area contributed by atoms with Gasteiger partial charge in [0.2, 0.25) is 5.88 Å². The predicted octanol–water partition coefficient (Wildman–Crippen LogP) is 1.43. The van der Waals surface area contributed by atoms with Crippen molar-refractivity contribution < 1.29 is 4.74 Å². The van der Waals surface area contributed by atoms with Gasteiger partial charge in [-0.05, 0) is 43.9 Å². The van der Waals surface area contributed by atoms with Crippen molar-refractivity contribution in [1.29, 1.82) is 5.26 Å². The molecule has 0 aromatic carbocycles.